The Kier molecular flexibility index (Phi) is 7.11. The average molecular weight is 354 g/mol. The van der Waals surface area contributed by atoms with Crippen molar-refractivity contribution in [1.29, 1.82) is 0 Å². The van der Waals surface area contributed by atoms with Gasteiger partial charge in [-0.05, 0) is 13.3 Å². The number of methoxy groups -OCH3 is 1. The summed E-state index contributed by atoms with van der Waals surface area (Å²) >= 11 is 1.41. The van der Waals surface area contributed by atoms with Gasteiger partial charge < -0.3 is 15.0 Å². The molecule has 0 aromatic carbocycles. The molecule has 8 heteroatoms. The fraction of sp³-hybridized carbons (Fsp3) is 0.750. The van der Waals surface area contributed by atoms with Crippen molar-refractivity contribution >= 4 is 28.3 Å². The second kappa shape index (κ2) is 9.08. The van der Waals surface area contributed by atoms with Crippen LogP contribution in [-0.2, 0) is 20.7 Å². The highest BCUT2D eigenvalue weighted by Crippen LogP contribution is 2.23. The molecule has 0 unspecified atom stereocenters. The van der Waals surface area contributed by atoms with Crippen molar-refractivity contribution in [3.05, 3.63) is 5.01 Å². The lowest BCUT2D eigenvalue weighted by Gasteiger charge is -2.23. The van der Waals surface area contributed by atoms with Crippen LogP contribution in [-0.4, -0.2) is 53.2 Å². The van der Waals surface area contributed by atoms with E-state index in [1.165, 1.54) is 17.8 Å². The van der Waals surface area contributed by atoms with Crippen LogP contribution in [0.15, 0.2) is 0 Å². The van der Waals surface area contributed by atoms with E-state index in [0.717, 1.165) is 24.3 Å². The fourth-order valence-electron chi connectivity index (χ4n) is 2.80. The van der Waals surface area contributed by atoms with Crippen molar-refractivity contribution in [1.82, 2.24) is 15.1 Å². The van der Waals surface area contributed by atoms with Gasteiger partial charge >= 0.3 is 0 Å². The number of carbonyl (C=O) groups excluding carboxylic acids is 2. The fourth-order valence-corrected chi connectivity index (χ4v) is 3.59. The molecule has 1 aromatic rings. The van der Waals surface area contributed by atoms with Crippen LogP contribution in [0.2, 0.25) is 0 Å². The maximum absolute atomic E-state index is 12.4. The molecule has 0 spiro atoms. The van der Waals surface area contributed by atoms with Crippen LogP contribution >= 0.6 is 11.3 Å². The van der Waals surface area contributed by atoms with Gasteiger partial charge in [0.05, 0.1) is 18.6 Å². The first-order valence-corrected chi connectivity index (χ1v) is 9.28. The quantitative estimate of drug-likeness (QED) is 0.687. The van der Waals surface area contributed by atoms with Gasteiger partial charge in [0.1, 0.15) is 5.01 Å². The second-order valence-electron chi connectivity index (χ2n) is 6.20. The molecule has 24 heavy (non-hydrogen) atoms. The average Bonchev–Trinajstić information content (AvgIpc) is 3.14. The lowest BCUT2D eigenvalue weighted by Crippen LogP contribution is -2.38. The molecule has 7 nitrogen and oxygen atoms in total. The highest BCUT2D eigenvalue weighted by atomic mass is 32.1. The van der Waals surface area contributed by atoms with Crippen molar-refractivity contribution in [2.75, 3.05) is 25.6 Å². The lowest BCUT2D eigenvalue weighted by molar-refractivity contribution is -0.130. The molecule has 1 aromatic heterocycles. The summed E-state index contributed by atoms with van der Waals surface area (Å²) in [4.78, 5) is 26.2. The second-order valence-corrected chi connectivity index (χ2v) is 7.26. The van der Waals surface area contributed by atoms with Gasteiger partial charge in [-0.25, -0.2) is 0 Å². The zero-order valence-electron chi connectivity index (χ0n) is 14.6. The monoisotopic (exact) mass is 354 g/mol. The number of carbonyl (C=O) groups is 2. The number of ether oxygens (including phenoxy) is 1. The summed E-state index contributed by atoms with van der Waals surface area (Å²) in [5.74, 6) is -0.506. The van der Waals surface area contributed by atoms with Crippen molar-refractivity contribution < 1.29 is 14.3 Å². The predicted octanol–water partition coefficient (Wildman–Crippen LogP) is 2.09. The highest BCUT2D eigenvalue weighted by molar-refractivity contribution is 7.15. The predicted molar refractivity (Wildman–Crippen MR) is 92.9 cm³/mol. The van der Waals surface area contributed by atoms with Gasteiger partial charge in [0, 0.05) is 26.5 Å². The number of amides is 2. The summed E-state index contributed by atoms with van der Waals surface area (Å²) in [5, 5.41) is 12.4. The standard InChI is InChI=1S/C16H26N4O3S/c1-4-5-6-7-13-18-19-16(24-13)17-15(22)12-8-14(21)20(9-12)11(2)10-23-3/h11-12H,4-10H2,1-3H3,(H,17,19,22)/t11-,12+/m0/s1. The summed E-state index contributed by atoms with van der Waals surface area (Å²) in [6.07, 6.45) is 4.55. The third-order valence-electron chi connectivity index (χ3n) is 4.16. The van der Waals surface area contributed by atoms with Crippen LogP contribution < -0.4 is 5.32 Å². The Morgan fingerprint density at radius 3 is 2.96 bits per heavy atom. The van der Waals surface area contributed by atoms with Crippen LogP contribution in [0.25, 0.3) is 0 Å². The zero-order chi connectivity index (χ0) is 17.5. The zero-order valence-corrected chi connectivity index (χ0v) is 15.4. The smallest absolute Gasteiger partial charge is 0.231 e. The van der Waals surface area contributed by atoms with Crippen LogP contribution in [0.3, 0.4) is 0 Å². The minimum Gasteiger partial charge on any atom is -0.383 e. The van der Waals surface area contributed by atoms with Gasteiger partial charge in [0.15, 0.2) is 0 Å². The van der Waals surface area contributed by atoms with E-state index in [1.54, 1.807) is 12.0 Å². The minimum absolute atomic E-state index is 0.00258. The van der Waals surface area contributed by atoms with E-state index < -0.39 is 0 Å². The molecule has 2 amide bonds. The number of hydrogen-bond donors (Lipinski definition) is 1. The van der Waals surface area contributed by atoms with E-state index in [4.69, 9.17) is 4.74 Å². The van der Waals surface area contributed by atoms with Crippen molar-refractivity contribution in [2.45, 2.75) is 52.0 Å². The molecule has 1 N–H and O–H groups in total. The summed E-state index contributed by atoms with van der Waals surface area (Å²) < 4.78 is 5.09. The first-order valence-electron chi connectivity index (χ1n) is 8.46. The van der Waals surface area contributed by atoms with Crippen molar-refractivity contribution in [3.63, 3.8) is 0 Å². The van der Waals surface area contributed by atoms with Gasteiger partial charge in [0.25, 0.3) is 0 Å². The number of nitrogens with zero attached hydrogens (tertiary/aromatic N) is 3. The van der Waals surface area contributed by atoms with Gasteiger partial charge in [-0.2, -0.15) is 0 Å². The lowest BCUT2D eigenvalue weighted by atomic mass is 10.1. The molecule has 0 aliphatic carbocycles. The summed E-state index contributed by atoms with van der Waals surface area (Å²) in [7, 11) is 1.61. The molecule has 0 radical (unpaired) electrons. The molecule has 1 aliphatic heterocycles. The molecule has 1 saturated heterocycles. The number of rotatable bonds is 9. The molecule has 2 atom stereocenters. The number of unbranched alkanes of at least 4 members (excludes halogenated alkanes) is 2. The Morgan fingerprint density at radius 2 is 2.25 bits per heavy atom. The maximum atomic E-state index is 12.4. The first kappa shape index (κ1) is 18.8. The van der Waals surface area contributed by atoms with E-state index in [1.807, 2.05) is 6.92 Å². The molecule has 2 heterocycles. The van der Waals surface area contributed by atoms with Crippen molar-refractivity contribution in [2.24, 2.45) is 5.92 Å². The minimum atomic E-state index is -0.343. The normalized spacial score (nSPS) is 18.9. The Labute approximate surface area is 146 Å². The summed E-state index contributed by atoms with van der Waals surface area (Å²) in [6.45, 7) is 4.98. The van der Waals surface area contributed by atoms with E-state index in [0.29, 0.717) is 18.3 Å². The molecular formula is C16H26N4O3S. The van der Waals surface area contributed by atoms with Crippen LogP contribution in [0.5, 0.6) is 0 Å². The summed E-state index contributed by atoms with van der Waals surface area (Å²) in [6, 6.07) is -0.0213. The Morgan fingerprint density at radius 1 is 1.46 bits per heavy atom. The maximum Gasteiger partial charge on any atom is 0.231 e. The highest BCUT2D eigenvalue weighted by Gasteiger charge is 2.36. The van der Waals surface area contributed by atoms with Gasteiger partial charge in [0.2, 0.25) is 16.9 Å². The van der Waals surface area contributed by atoms with E-state index >= 15 is 0 Å². The Hall–Kier alpha value is -1.54. The number of aromatic nitrogens is 2. The number of aryl methyl sites for hydroxylation is 1. The number of likely N-dealkylation sites (tertiary alicyclic amines) is 1. The topological polar surface area (TPSA) is 84.4 Å². The van der Waals surface area contributed by atoms with Crippen LogP contribution in [0, 0.1) is 5.92 Å². The van der Waals surface area contributed by atoms with E-state index in [2.05, 4.69) is 22.4 Å². The van der Waals surface area contributed by atoms with Gasteiger partial charge in [-0.15, -0.1) is 10.2 Å². The molecule has 1 aliphatic rings. The number of nitrogens with one attached hydrogen (secondary N) is 1. The number of anilines is 1. The molecule has 1 fully saturated rings. The van der Waals surface area contributed by atoms with E-state index in [-0.39, 0.29) is 30.2 Å². The molecule has 2 rings (SSSR count). The largest absolute Gasteiger partial charge is 0.383 e. The van der Waals surface area contributed by atoms with Gasteiger partial charge in [-0.1, -0.05) is 31.1 Å². The molecule has 134 valence electrons. The Balaban J connectivity index is 1.85. The van der Waals surface area contributed by atoms with Crippen LogP contribution in [0.1, 0.15) is 44.5 Å². The SMILES string of the molecule is CCCCCc1nnc(NC(=O)[C@@H]2CC(=O)N([C@@H](C)COC)C2)s1. The first-order chi connectivity index (χ1) is 11.5. The van der Waals surface area contributed by atoms with Gasteiger partial charge in [-0.3, -0.25) is 9.59 Å². The molecular weight excluding hydrogens is 328 g/mol. The molecule has 0 saturated carbocycles. The van der Waals surface area contributed by atoms with Crippen molar-refractivity contribution in [3.8, 4) is 0 Å². The summed E-state index contributed by atoms with van der Waals surface area (Å²) in [5.41, 5.74) is 0. The van der Waals surface area contributed by atoms with Crippen LogP contribution in [0.4, 0.5) is 5.13 Å². The number of hydrogen-bond acceptors (Lipinski definition) is 6. The Bertz CT molecular complexity index is 563. The molecule has 0 bridgehead atoms. The van der Waals surface area contributed by atoms with E-state index in [9.17, 15) is 9.59 Å². The third kappa shape index (κ3) is 4.98. The third-order valence-corrected chi connectivity index (χ3v) is 5.06.